The van der Waals surface area contributed by atoms with Crippen LogP contribution < -0.4 is 5.32 Å². The van der Waals surface area contributed by atoms with Crippen LogP contribution in [-0.2, 0) is 13.1 Å². The van der Waals surface area contributed by atoms with Gasteiger partial charge in [-0.25, -0.2) is 0 Å². The summed E-state index contributed by atoms with van der Waals surface area (Å²) in [5.74, 6) is 0. The molecule has 0 unspecified atom stereocenters. The second-order valence-corrected chi connectivity index (χ2v) is 6.14. The van der Waals surface area contributed by atoms with Crippen molar-refractivity contribution in [2.24, 2.45) is 0 Å². The molecule has 108 valence electrons. The molecule has 0 aliphatic carbocycles. The molecule has 1 aromatic heterocycles. The van der Waals surface area contributed by atoms with Crippen LogP contribution in [0.4, 0.5) is 0 Å². The Morgan fingerprint density at radius 1 is 0.952 bits per heavy atom. The monoisotopic (exact) mass is 342 g/mol. The summed E-state index contributed by atoms with van der Waals surface area (Å²) in [5, 5.41) is 4.82. The molecule has 1 heterocycles. The first kappa shape index (κ1) is 14.4. The predicted octanol–water partition coefficient (Wildman–Crippen LogP) is 4.58. The van der Waals surface area contributed by atoms with E-state index in [1.54, 1.807) is 0 Å². The summed E-state index contributed by atoms with van der Waals surface area (Å²) in [5.41, 5.74) is 2.65. The van der Waals surface area contributed by atoms with Gasteiger partial charge in [-0.2, -0.15) is 0 Å². The summed E-state index contributed by atoms with van der Waals surface area (Å²) in [7, 11) is 0. The topological polar surface area (TPSA) is 17.0 Å². The first-order valence-electron chi connectivity index (χ1n) is 7.32. The van der Waals surface area contributed by atoms with Gasteiger partial charge >= 0.3 is 0 Å². The Labute approximate surface area is 133 Å². The molecule has 0 saturated carbocycles. The van der Waals surface area contributed by atoms with Crippen molar-refractivity contribution in [2.45, 2.75) is 19.5 Å². The minimum atomic E-state index is 0.930. The molecule has 1 N–H and O–H groups in total. The number of halogens is 1. The highest BCUT2D eigenvalue weighted by atomic mass is 79.9. The minimum Gasteiger partial charge on any atom is -0.347 e. The van der Waals surface area contributed by atoms with Gasteiger partial charge in [0.25, 0.3) is 0 Å². The van der Waals surface area contributed by atoms with E-state index in [-0.39, 0.29) is 0 Å². The predicted molar refractivity (Wildman–Crippen MR) is 92.4 cm³/mol. The molecular weight excluding hydrogens is 324 g/mol. The third kappa shape index (κ3) is 3.74. The molecule has 3 rings (SSSR count). The molecule has 2 nitrogen and oxygen atoms in total. The van der Waals surface area contributed by atoms with Gasteiger partial charge in [0, 0.05) is 29.3 Å². The molecule has 3 aromatic rings. The number of rotatable bonds is 6. The second-order valence-electron chi connectivity index (χ2n) is 5.22. The van der Waals surface area contributed by atoms with Crippen molar-refractivity contribution in [3.05, 3.63) is 70.8 Å². The number of fused-ring (bicyclic) bond motifs is 1. The fourth-order valence-electron chi connectivity index (χ4n) is 2.54. The molecule has 0 amide bonds. The molecule has 0 spiro atoms. The highest BCUT2D eigenvalue weighted by Gasteiger charge is 1.99. The average Bonchev–Trinajstić information content (AvgIpc) is 2.92. The van der Waals surface area contributed by atoms with Gasteiger partial charge in [-0.3, -0.25) is 0 Å². The van der Waals surface area contributed by atoms with E-state index in [9.17, 15) is 0 Å². The maximum Gasteiger partial charge on any atom is 0.0480 e. The van der Waals surface area contributed by atoms with Crippen molar-refractivity contribution in [2.75, 3.05) is 6.54 Å². The zero-order valence-corrected chi connectivity index (χ0v) is 13.5. The number of nitrogens with zero attached hydrogens (tertiary/aromatic N) is 1. The number of aryl methyl sites for hydroxylation is 1. The van der Waals surface area contributed by atoms with E-state index in [0.29, 0.717) is 0 Å². The Bertz CT molecular complexity index is 701. The van der Waals surface area contributed by atoms with E-state index in [0.717, 1.165) is 30.5 Å². The standard InChI is InChI=1S/C18H19BrN2/c19-17-8-6-15(7-9-17)14-20-11-3-12-21-13-10-16-4-1-2-5-18(16)21/h1-2,4-10,13,20H,3,11-12,14H2. The fourth-order valence-corrected chi connectivity index (χ4v) is 2.81. The van der Waals surface area contributed by atoms with Gasteiger partial charge in [0.15, 0.2) is 0 Å². The molecular formula is C18H19BrN2. The molecule has 21 heavy (non-hydrogen) atoms. The third-order valence-corrected chi connectivity index (χ3v) is 4.20. The zero-order chi connectivity index (χ0) is 14.5. The van der Waals surface area contributed by atoms with Crippen molar-refractivity contribution in [1.29, 1.82) is 0 Å². The molecule has 0 aliphatic rings. The molecule has 2 aromatic carbocycles. The first-order valence-corrected chi connectivity index (χ1v) is 8.11. The van der Waals surface area contributed by atoms with Gasteiger partial charge in [-0.15, -0.1) is 0 Å². The Hall–Kier alpha value is -1.58. The van der Waals surface area contributed by atoms with Gasteiger partial charge in [0.2, 0.25) is 0 Å². The maximum atomic E-state index is 3.50. The number of para-hydroxylation sites is 1. The lowest BCUT2D eigenvalue weighted by atomic mass is 10.2. The molecule has 0 bridgehead atoms. The number of hydrogen-bond donors (Lipinski definition) is 1. The van der Waals surface area contributed by atoms with Crippen LogP contribution in [0, 0.1) is 0 Å². The summed E-state index contributed by atoms with van der Waals surface area (Å²) in [6.07, 6.45) is 3.31. The number of hydrogen-bond acceptors (Lipinski definition) is 1. The number of aromatic nitrogens is 1. The first-order chi connectivity index (χ1) is 10.3. The zero-order valence-electron chi connectivity index (χ0n) is 11.9. The Kier molecular flexibility index (Phi) is 4.73. The lowest BCUT2D eigenvalue weighted by molar-refractivity contribution is 0.591. The van der Waals surface area contributed by atoms with Crippen LogP contribution in [0.1, 0.15) is 12.0 Å². The Morgan fingerprint density at radius 2 is 1.76 bits per heavy atom. The molecule has 0 saturated heterocycles. The summed E-state index contributed by atoms with van der Waals surface area (Å²) in [6.45, 7) is 3.02. The molecule has 0 atom stereocenters. The molecule has 3 heteroatoms. The summed E-state index contributed by atoms with van der Waals surface area (Å²) in [6, 6.07) is 19.2. The summed E-state index contributed by atoms with van der Waals surface area (Å²) in [4.78, 5) is 0. The quantitative estimate of drug-likeness (QED) is 0.648. The normalized spacial score (nSPS) is 11.1. The molecule has 0 aliphatic heterocycles. The van der Waals surface area contributed by atoms with Crippen molar-refractivity contribution in [3.8, 4) is 0 Å². The van der Waals surface area contributed by atoms with Gasteiger partial charge < -0.3 is 9.88 Å². The lowest BCUT2D eigenvalue weighted by Crippen LogP contribution is -2.16. The van der Waals surface area contributed by atoms with Crippen molar-refractivity contribution in [3.63, 3.8) is 0 Å². The van der Waals surface area contributed by atoms with E-state index in [2.05, 4.69) is 86.6 Å². The third-order valence-electron chi connectivity index (χ3n) is 3.68. The van der Waals surface area contributed by atoms with Gasteiger partial charge in [0.1, 0.15) is 0 Å². The van der Waals surface area contributed by atoms with Gasteiger partial charge in [-0.1, -0.05) is 46.3 Å². The van der Waals surface area contributed by atoms with Crippen molar-refractivity contribution < 1.29 is 0 Å². The SMILES string of the molecule is Brc1ccc(CNCCCn2ccc3ccccc32)cc1. The molecule has 0 fully saturated rings. The van der Waals surface area contributed by atoms with E-state index >= 15 is 0 Å². The van der Waals surface area contributed by atoms with Crippen molar-refractivity contribution in [1.82, 2.24) is 9.88 Å². The highest BCUT2D eigenvalue weighted by molar-refractivity contribution is 9.10. The average molecular weight is 343 g/mol. The largest absolute Gasteiger partial charge is 0.347 e. The van der Waals surface area contributed by atoms with Crippen LogP contribution in [-0.4, -0.2) is 11.1 Å². The van der Waals surface area contributed by atoms with Gasteiger partial charge in [0.05, 0.1) is 0 Å². The molecule has 0 radical (unpaired) electrons. The number of benzene rings is 2. The van der Waals surface area contributed by atoms with E-state index < -0.39 is 0 Å². The van der Waals surface area contributed by atoms with Crippen LogP contribution in [0.25, 0.3) is 10.9 Å². The van der Waals surface area contributed by atoms with Crippen LogP contribution in [0.2, 0.25) is 0 Å². The number of nitrogens with one attached hydrogen (secondary N) is 1. The highest BCUT2D eigenvalue weighted by Crippen LogP contribution is 2.15. The maximum absolute atomic E-state index is 3.50. The van der Waals surface area contributed by atoms with Crippen LogP contribution in [0.3, 0.4) is 0 Å². The minimum absolute atomic E-state index is 0.930. The second kappa shape index (κ2) is 6.92. The van der Waals surface area contributed by atoms with E-state index in [4.69, 9.17) is 0 Å². The van der Waals surface area contributed by atoms with Crippen molar-refractivity contribution >= 4 is 26.8 Å². The van der Waals surface area contributed by atoms with Crippen LogP contribution in [0.15, 0.2) is 65.3 Å². The summed E-state index contributed by atoms with van der Waals surface area (Å²) < 4.78 is 3.46. The fraction of sp³-hybridized carbons (Fsp3) is 0.222. The Balaban J connectivity index is 1.45. The van der Waals surface area contributed by atoms with E-state index in [1.165, 1.54) is 16.5 Å². The van der Waals surface area contributed by atoms with Crippen LogP contribution >= 0.6 is 15.9 Å². The van der Waals surface area contributed by atoms with Crippen LogP contribution in [0.5, 0.6) is 0 Å². The van der Waals surface area contributed by atoms with E-state index in [1.807, 2.05) is 0 Å². The Morgan fingerprint density at radius 3 is 2.62 bits per heavy atom. The smallest absolute Gasteiger partial charge is 0.0480 e. The summed E-state index contributed by atoms with van der Waals surface area (Å²) >= 11 is 3.46. The lowest BCUT2D eigenvalue weighted by Gasteiger charge is -2.07. The van der Waals surface area contributed by atoms with Gasteiger partial charge in [-0.05, 0) is 48.2 Å².